The molecule has 0 aliphatic carbocycles. The summed E-state index contributed by atoms with van der Waals surface area (Å²) in [5.41, 5.74) is 5.15. The van der Waals surface area contributed by atoms with Crippen molar-refractivity contribution in [2.75, 3.05) is 25.4 Å². The molecule has 1 atom stereocenters. The summed E-state index contributed by atoms with van der Waals surface area (Å²) < 4.78 is 7.37. The fraction of sp³-hybridized carbons (Fsp3) is 0.433. The fourth-order valence-corrected chi connectivity index (χ4v) is 5.98. The molecule has 0 saturated carbocycles. The van der Waals surface area contributed by atoms with E-state index in [1.165, 1.54) is 11.1 Å². The molecule has 2 aromatic carbocycles. The van der Waals surface area contributed by atoms with Crippen LogP contribution >= 0.6 is 11.8 Å². The summed E-state index contributed by atoms with van der Waals surface area (Å²) in [5.74, 6) is 0.548. The molecule has 8 nitrogen and oxygen atoms in total. The van der Waals surface area contributed by atoms with Gasteiger partial charge in [0.2, 0.25) is 11.1 Å². The van der Waals surface area contributed by atoms with Gasteiger partial charge >= 0.3 is 5.97 Å². The Morgan fingerprint density at radius 1 is 1.10 bits per heavy atom. The third kappa shape index (κ3) is 6.41. The third-order valence-electron chi connectivity index (χ3n) is 7.20. The van der Waals surface area contributed by atoms with Crippen LogP contribution in [0.1, 0.15) is 50.2 Å². The van der Waals surface area contributed by atoms with Crippen LogP contribution in [0, 0.1) is 12.8 Å². The predicted octanol–water partition coefficient (Wildman–Crippen LogP) is 5.40. The molecule has 3 heterocycles. The van der Waals surface area contributed by atoms with E-state index < -0.39 is 0 Å². The average molecular weight is 546 g/mol. The number of fused-ring (bicyclic) bond motifs is 3. The number of piperidine rings is 1. The van der Waals surface area contributed by atoms with Crippen molar-refractivity contribution in [1.29, 1.82) is 0 Å². The second-order valence-corrected chi connectivity index (χ2v) is 11.2. The van der Waals surface area contributed by atoms with Crippen LogP contribution < -0.4 is 0 Å². The van der Waals surface area contributed by atoms with Gasteiger partial charge in [0.25, 0.3) is 0 Å². The number of aryl methyl sites for hydroxylation is 1. The summed E-state index contributed by atoms with van der Waals surface area (Å²) in [7, 11) is 0. The molecular formula is C30H35N5O3S. The molecule has 39 heavy (non-hydrogen) atoms. The normalized spacial score (nSPS) is 15.6. The number of carbonyl (C=O) groups excluding carboxylic acids is 2. The molecule has 1 unspecified atom stereocenters. The number of unbranched alkanes of at least 4 members (excludes halogenated alkanes) is 1. The number of amides is 1. The molecule has 2 aromatic heterocycles. The number of hydrogen-bond acceptors (Lipinski definition) is 7. The quantitative estimate of drug-likeness (QED) is 0.150. The highest BCUT2D eigenvalue weighted by Crippen LogP contribution is 2.29. The fourth-order valence-electron chi connectivity index (χ4n) is 5.20. The maximum absolute atomic E-state index is 12.7. The summed E-state index contributed by atoms with van der Waals surface area (Å²) in [6.45, 7) is 6.18. The highest BCUT2D eigenvalue weighted by molar-refractivity contribution is 7.99. The molecule has 9 heteroatoms. The van der Waals surface area contributed by atoms with Gasteiger partial charge in [0.15, 0.2) is 5.65 Å². The number of aromatic nitrogens is 4. The number of nitrogens with zero attached hydrogens (tertiary/aromatic N) is 5. The number of rotatable bonds is 10. The lowest BCUT2D eigenvalue weighted by atomic mass is 9.98. The molecule has 1 saturated heterocycles. The Morgan fingerprint density at radius 3 is 2.77 bits per heavy atom. The molecule has 0 radical (unpaired) electrons. The highest BCUT2D eigenvalue weighted by Gasteiger charge is 2.29. The predicted molar refractivity (Wildman–Crippen MR) is 154 cm³/mol. The monoisotopic (exact) mass is 545 g/mol. The molecule has 4 aromatic rings. The van der Waals surface area contributed by atoms with E-state index in [-0.39, 0.29) is 17.8 Å². The largest absolute Gasteiger partial charge is 0.466 e. The average Bonchev–Trinajstić information content (AvgIpc) is 3.25. The number of benzene rings is 2. The molecular weight excluding hydrogens is 510 g/mol. The third-order valence-corrected chi connectivity index (χ3v) is 8.12. The lowest BCUT2D eigenvalue weighted by molar-refractivity contribution is -0.151. The van der Waals surface area contributed by atoms with Crippen molar-refractivity contribution < 1.29 is 14.3 Å². The standard InChI is InChI=1S/C30H35N5O3S/c1-3-38-29(37)23-12-9-16-34(20-23)26(36)13-7-8-17-39-30-31-28-27(32-33-30)24-18-21(2)14-15-25(24)35(28)19-22-10-5-4-6-11-22/h4-6,10-11,14-15,18,23H,3,7-9,12-13,16-17,19-20H2,1-2H3. The van der Waals surface area contributed by atoms with Crippen molar-refractivity contribution in [3.05, 3.63) is 59.7 Å². The van der Waals surface area contributed by atoms with Gasteiger partial charge < -0.3 is 14.2 Å². The van der Waals surface area contributed by atoms with E-state index in [1.54, 1.807) is 11.8 Å². The molecule has 1 fully saturated rings. The molecule has 1 amide bonds. The zero-order valence-corrected chi connectivity index (χ0v) is 23.5. The minimum atomic E-state index is -0.195. The summed E-state index contributed by atoms with van der Waals surface area (Å²) in [6.07, 6.45) is 3.79. The van der Waals surface area contributed by atoms with Crippen LogP contribution in [0.5, 0.6) is 0 Å². The van der Waals surface area contributed by atoms with Crippen molar-refractivity contribution in [1.82, 2.24) is 24.6 Å². The first-order valence-electron chi connectivity index (χ1n) is 13.8. The summed E-state index contributed by atoms with van der Waals surface area (Å²) in [5, 5.41) is 10.7. The Balaban J connectivity index is 1.20. The summed E-state index contributed by atoms with van der Waals surface area (Å²) in [4.78, 5) is 31.6. The van der Waals surface area contributed by atoms with E-state index in [0.29, 0.717) is 31.3 Å². The Kier molecular flexibility index (Phi) is 8.76. The Morgan fingerprint density at radius 2 is 1.95 bits per heavy atom. The number of thioether (sulfide) groups is 1. The maximum atomic E-state index is 12.7. The number of hydrogen-bond donors (Lipinski definition) is 0. The van der Waals surface area contributed by atoms with Crippen LogP contribution in [0.2, 0.25) is 0 Å². The van der Waals surface area contributed by atoms with Crippen molar-refractivity contribution >= 4 is 45.7 Å². The summed E-state index contributed by atoms with van der Waals surface area (Å²) in [6, 6.07) is 16.8. The van der Waals surface area contributed by atoms with Crippen LogP contribution in [0.15, 0.2) is 53.7 Å². The van der Waals surface area contributed by atoms with Crippen molar-refractivity contribution in [3.8, 4) is 0 Å². The molecule has 5 rings (SSSR count). The first kappa shape index (κ1) is 27.1. The number of esters is 1. The topological polar surface area (TPSA) is 90.2 Å². The molecule has 0 bridgehead atoms. The van der Waals surface area contributed by atoms with Gasteiger partial charge in [-0.15, -0.1) is 10.2 Å². The van der Waals surface area contributed by atoms with Gasteiger partial charge in [0, 0.05) is 37.2 Å². The van der Waals surface area contributed by atoms with E-state index in [2.05, 4.69) is 64.2 Å². The first-order valence-corrected chi connectivity index (χ1v) is 14.8. The van der Waals surface area contributed by atoms with Gasteiger partial charge in [0.05, 0.1) is 18.0 Å². The second kappa shape index (κ2) is 12.6. The van der Waals surface area contributed by atoms with Gasteiger partial charge in [-0.05, 0) is 57.2 Å². The molecule has 1 aliphatic heterocycles. The maximum Gasteiger partial charge on any atom is 0.310 e. The smallest absolute Gasteiger partial charge is 0.310 e. The van der Waals surface area contributed by atoms with Crippen LogP contribution in [-0.2, 0) is 20.9 Å². The molecule has 1 aliphatic rings. The number of carbonyl (C=O) groups is 2. The SMILES string of the molecule is CCOC(=O)C1CCCN(C(=O)CCCCSc2nnc3c4cc(C)ccc4n(Cc4ccccc4)c3n2)C1. The van der Waals surface area contributed by atoms with Crippen LogP contribution in [-0.4, -0.2) is 62.0 Å². The Labute approximate surface area is 233 Å². The molecule has 0 N–H and O–H groups in total. The van der Waals surface area contributed by atoms with Crippen LogP contribution in [0.3, 0.4) is 0 Å². The van der Waals surface area contributed by atoms with E-state index in [1.807, 2.05) is 17.9 Å². The molecule has 204 valence electrons. The van der Waals surface area contributed by atoms with Gasteiger partial charge in [-0.25, -0.2) is 4.98 Å². The van der Waals surface area contributed by atoms with E-state index >= 15 is 0 Å². The lowest BCUT2D eigenvalue weighted by Crippen LogP contribution is -2.42. The van der Waals surface area contributed by atoms with Gasteiger partial charge in [-0.1, -0.05) is 53.7 Å². The summed E-state index contributed by atoms with van der Waals surface area (Å²) >= 11 is 1.58. The zero-order valence-electron chi connectivity index (χ0n) is 22.6. The van der Waals surface area contributed by atoms with Crippen molar-refractivity contribution in [2.24, 2.45) is 5.92 Å². The van der Waals surface area contributed by atoms with Crippen molar-refractivity contribution in [2.45, 2.75) is 57.7 Å². The lowest BCUT2D eigenvalue weighted by Gasteiger charge is -2.31. The Bertz CT molecular complexity index is 1460. The van der Waals surface area contributed by atoms with Gasteiger partial charge in [-0.3, -0.25) is 9.59 Å². The number of ether oxygens (including phenoxy) is 1. The minimum absolute atomic E-state index is 0.119. The highest BCUT2D eigenvalue weighted by atomic mass is 32.2. The molecule has 0 spiro atoms. The zero-order chi connectivity index (χ0) is 27.2. The van der Waals surface area contributed by atoms with Gasteiger partial charge in [-0.2, -0.15) is 0 Å². The van der Waals surface area contributed by atoms with Gasteiger partial charge in [0.1, 0.15) is 5.52 Å². The van der Waals surface area contributed by atoms with Crippen LogP contribution in [0.25, 0.3) is 22.1 Å². The van der Waals surface area contributed by atoms with E-state index in [9.17, 15) is 9.59 Å². The van der Waals surface area contributed by atoms with E-state index in [4.69, 9.17) is 9.72 Å². The van der Waals surface area contributed by atoms with Crippen molar-refractivity contribution in [3.63, 3.8) is 0 Å². The number of likely N-dealkylation sites (tertiary alicyclic amines) is 1. The minimum Gasteiger partial charge on any atom is -0.466 e. The first-order chi connectivity index (χ1) is 19.0. The van der Waals surface area contributed by atoms with E-state index in [0.717, 1.165) is 60.0 Å². The van der Waals surface area contributed by atoms with Crippen LogP contribution in [0.4, 0.5) is 0 Å². The second-order valence-electron chi connectivity index (χ2n) is 10.1. The Hall–Kier alpha value is -3.46.